The Labute approximate surface area is 132 Å². The number of anilines is 1. The van der Waals surface area contributed by atoms with Gasteiger partial charge in [-0.1, -0.05) is 0 Å². The summed E-state index contributed by atoms with van der Waals surface area (Å²) in [4.78, 5) is 23.5. The highest BCUT2D eigenvalue weighted by Gasteiger charge is 2.15. The van der Waals surface area contributed by atoms with Gasteiger partial charge in [0.1, 0.15) is 0 Å². The maximum Gasteiger partial charge on any atom is 0.251 e. The van der Waals surface area contributed by atoms with Gasteiger partial charge in [0, 0.05) is 29.8 Å². The van der Waals surface area contributed by atoms with Gasteiger partial charge in [-0.05, 0) is 52.1 Å². The molecule has 0 saturated carbocycles. The summed E-state index contributed by atoms with van der Waals surface area (Å²) in [7, 11) is 1.80. The Morgan fingerprint density at radius 1 is 1.10 bits per heavy atom. The van der Waals surface area contributed by atoms with E-state index in [-0.39, 0.29) is 29.8 Å². The van der Waals surface area contributed by atoms with E-state index < -0.39 is 0 Å². The van der Waals surface area contributed by atoms with E-state index in [1.165, 1.54) is 0 Å². The zero-order valence-electron chi connectivity index (χ0n) is 12.9. The number of hydrogen-bond donors (Lipinski definition) is 3. The molecule has 0 saturated heterocycles. The quantitative estimate of drug-likeness (QED) is 0.780. The van der Waals surface area contributed by atoms with E-state index in [2.05, 4.69) is 16.0 Å². The molecule has 0 aliphatic carbocycles. The number of carbonyl (C=O) groups excluding carboxylic acids is 2. The van der Waals surface area contributed by atoms with Crippen molar-refractivity contribution in [2.75, 3.05) is 18.9 Å². The molecule has 21 heavy (non-hydrogen) atoms. The van der Waals surface area contributed by atoms with E-state index in [9.17, 15) is 9.59 Å². The molecule has 6 heteroatoms. The third kappa shape index (κ3) is 7.68. The van der Waals surface area contributed by atoms with Crippen molar-refractivity contribution in [3.8, 4) is 0 Å². The highest BCUT2D eigenvalue weighted by molar-refractivity contribution is 5.96. The fourth-order valence-electron chi connectivity index (χ4n) is 1.58. The number of carbonyl (C=O) groups is 2. The van der Waals surface area contributed by atoms with Crippen LogP contribution in [0.25, 0.3) is 0 Å². The highest BCUT2D eigenvalue weighted by Crippen LogP contribution is 2.11. The van der Waals surface area contributed by atoms with Gasteiger partial charge in [0.2, 0.25) is 5.91 Å². The summed E-state index contributed by atoms with van der Waals surface area (Å²) in [5, 5.41) is 8.59. The van der Waals surface area contributed by atoms with Gasteiger partial charge in [-0.15, -0.1) is 12.4 Å². The van der Waals surface area contributed by atoms with Crippen LogP contribution in [0.15, 0.2) is 24.3 Å². The van der Waals surface area contributed by atoms with Crippen molar-refractivity contribution in [1.82, 2.24) is 10.6 Å². The van der Waals surface area contributed by atoms with Crippen molar-refractivity contribution in [1.29, 1.82) is 0 Å². The van der Waals surface area contributed by atoms with E-state index in [1.54, 1.807) is 31.3 Å². The minimum absolute atomic E-state index is 0. The third-order valence-electron chi connectivity index (χ3n) is 2.52. The Kier molecular flexibility index (Phi) is 7.99. The normalized spacial score (nSPS) is 10.5. The lowest BCUT2D eigenvalue weighted by molar-refractivity contribution is -0.116. The van der Waals surface area contributed by atoms with Crippen LogP contribution < -0.4 is 16.0 Å². The smallest absolute Gasteiger partial charge is 0.251 e. The molecule has 0 aromatic heterocycles. The summed E-state index contributed by atoms with van der Waals surface area (Å²) in [6.07, 6.45) is 0.419. The van der Waals surface area contributed by atoms with Crippen molar-refractivity contribution < 1.29 is 9.59 Å². The molecule has 0 aliphatic heterocycles. The van der Waals surface area contributed by atoms with Crippen LogP contribution in [-0.2, 0) is 4.79 Å². The number of halogens is 1. The molecule has 0 atom stereocenters. The summed E-state index contributed by atoms with van der Waals surface area (Å²) in [6.45, 7) is 6.43. The van der Waals surface area contributed by atoms with Crippen LogP contribution >= 0.6 is 12.4 Å². The van der Waals surface area contributed by atoms with Crippen LogP contribution in [0.2, 0.25) is 0 Å². The minimum Gasteiger partial charge on any atom is -0.347 e. The second-order valence-electron chi connectivity index (χ2n) is 5.68. The first-order valence-corrected chi connectivity index (χ1v) is 6.69. The molecule has 3 N–H and O–H groups in total. The molecule has 0 unspecified atom stereocenters. The van der Waals surface area contributed by atoms with Gasteiger partial charge in [0.15, 0.2) is 0 Å². The van der Waals surface area contributed by atoms with Crippen LogP contribution in [0.4, 0.5) is 5.69 Å². The number of amides is 2. The summed E-state index contributed by atoms with van der Waals surface area (Å²) in [5.41, 5.74) is 1.00. The molecule has 0 fully saturated rings. The second-order valence-corrected chi connectivity index (χ2v) is 5.68. The Balaban J connectivity index is 0.00000400. The number of nitrogens with one attached hydrogen (secondary N) is 3. The number of rotatable bonds is 5. The lowest BCUT2D eigenvalue weighted by atomic mass is 10.1. The summed E-state index contributed by atoms with van der Waals surface area (Å²) in [5.74, 6) is -0.170. The van der Waals surface area contributed by atoms with Crippen molar-refractivity contribution in [2.45, 2.75) is 32.7 Å². The monoisotopic (exact) mass is 313 g/mol. The molecule has 0 bridgehead atoms. The van der Waals surface area contributed by atoms with Gasteiger partial charge in [0.25, 0.3) is 5.91 Å². The van der Waals surface area contributed by atoms with Crippen LogP contribution in [-0.4, -0.2) is 30.9 Å². The Morgan fingerprint density at radius 3 is 2.14 bits per heavy atom. The average Bonchev–Trinajstić information content (AvgIpc) is 2.35. The number of hydrogen-bond acceptors (Lipinski definition) is 3. The van der Waals surface area contributed by atoms with Crippen LogP contribution in [0.3, 0.4) is 0 Å². The first-order valence-electron chi connectivity index (χ1n) is 6.69. The Hall–Kier alpha value is -1.59. The molecule has 2 amide bonds. The first kappa shape index (κ1) is 19.4. The van der Waals surface area contributed by atoms with Gasteiger partial charge in [-0.2, -0.15) is 0 Å². The molecule has 0 radical (unpaired) electrons. The topological polar surface area (TPSA) is 70.2 Å². The molecule has 0 heterocycles. The van der Waals surface area contributed by atoms with Gasteiger partial charge in [-0.25, -0.2) is 0 Å². The van der Waals surface area contributed by atoms with Crippen LogP contribution in [0, 0.1) is 0 Å². The molecule has 0 spiro atoms. The van der Waals surface area contributed by atoms with Crippen molar-refractivity contribution in [3.63, 3.8) is 0 Å². The summed E-state index contributed by atoms with van der Waals surface area (Å²) in [6, 6.07) is 6.87. The van der Waals surface area contributed by atoms with Gasteiger partial charge >= 0.3 is 0 Å². The van der Waals surface area contributed by atoms with E-state index in [0.29, 0.717) is 24.2 Å². The van der Waals surface area contributed by atoms with Crippen LogP contribution in [0.1, 0.15) is 37.6 Å². The molecule has 5 nitrogen and oxygen atoms in total. The summed E-state index contributed by atoms with van der Waals surface area (Å²) >= 11 is 0. The van der Waals surface area contributed by atoms with Gasteiger partial charge in [-0.3, -0.25) is 9.59 Å². The van der Waals surface area contributed by atoms with Crippen molar-refractivity contribution in [2.24, 2.45) is 0 Å². The van der Waals surface area contributed by atoms with E-state index in [1.807, 2.05) is 20.8 Å². The Morgan fingerprint density at radius 2 is 1.67 bits per heavy atom. The zero-order chi connectivity index (χ0) is 15.2. The average molecular weight is 314 g/mol. The fourth-order valence-corrected chi connectivity index (χ4v) is 1.58. The second kappa shape index (κ2) is 8.64. The van der Waals surface area contributed by atoms with Gasteiger partial charge < -0.3 is 16.0 Å². The number of benzene rings is 1. The maximum absolute atomic E-state index is 11.9. The third-order valence-corrected chi connectivity index (χ3v) is 2.52. The molecular weight excluding hydrogens is 290 g/mol. The lowest BCUT2D eigenvalue weighted by Crippen LogP contribution is -2.40. The largest absolute Gasteiger partial charge is 0.347 e. The predicted octanol–water partition coefficient (Wildman–Crippen LogP) is 2.18. The zero-order valence-corrected chi connectivity index (χ0v) is 13.8. The van der Waals surface area contributed by atoms with Crippen LogP contribution in [0.5, 0.6) is 0 Å². The molecular formula is C15H24ClN3O2. The molecule has 1 aromatic carbocycles. The molecule has 0 aliphatic rings. The van der Waals surface area contributed by atoms with Crippen molar-refractivity contribution >= 4 is 29.9 Å². The lowest BCUT2D eigenvalue weighted by Gasteiger charge is -2.20. The van der Waals surface area contributed by atoms with Crippen molar-refractivity contribution in [3.05, 3.63) is 29.8 Å². The first-order chi connectivity index (χ1) is 9.31. The molecule has 1 rings (SSSR count). The Bertz CT molecular complexity index is 467. The van der Waals surface area contributed by atoms with E-state index in [0.717, 1.165) is 0 Å². The minimum atomic E-state index is -0.267. The van der Waals surface area contributed by atoms with E-state index in [4.69, 9.17) is 0 Å². The standard InChI is InChI=1S/C15H23N3O2.ClH/c1-15(2,3)18-14(20)11-5-7-12(8-6-11)17-13(19)9-10-16-4;/h5-8,16H,9-10H2,1-4H3,(H,17,19)(H,18,20);1H. The van der Waals surface area contributed by atoms with Gasteiger partial charge in [0.05, 0.1) is 0 Å². The predicted molar refractivity (Wildman–Crippen MR) is 88.1 cm³/mol. The fraction of sp³-hybridized carbons (Fsp3) is 0.467. The van der Waals surface area contributed by atoms with E-state index >= 15 is 0 Å². The molecule has 1 aromatic rings. The summed E-state index contributed by atoms with van der Waals surface area (Å²) < 4.78 is 0. The highest BCUT2D eigenvalue weighted by atomic mass is 35.5. The maximum atomic E-state index is 11.9. The SMILES string of the molecule is CNCCC(=O)Nc1ccc(C(=O)NC(C)(C)C)cc1.Cl. The molecule has 118 valence electrons.